The van der Waals surface area contributed by atoms with E-state index >= 15 is 0 Å². The molecular formula is C12H20N4OS. The number of rotatable bonds is 4. The molecule has 18 heavy (non-hydrogen) atoms. The van der Waals surface area contributed by atoms with E-state index in [0.29, 0.717) is 0 Å². The van der Waals surface area contributed by atoms with Gasteiger partial charge in [-0.15, -0.1) is 11.3 Å². The monoisotopic (exact) mass is 268 g/mol. The van der Waals surface area contributed by atoms with Crippen LogP contribution in [0.2, 0.25) is 0 Å². The Labute approximate surface area is 112 Å². The fourth-order valence-electron chi connectivity index (χ4n) is 1.93. The first kappa shape index (κ1) is 13.5. The Bertz CT molecular complexity index is 399. The number of thiophene rings is 1. The van der Waals surface area contributed by atoms with Crippen molar-refractivity contribution in [3.05, 3.63) is 16.3 Å². The molecule has 5 nitrogen and oxygen atoms in total. The van der Waals surface area contributed by atoms with Crippen LogP contribution in [0.3, 0.4) is 0 Å². The summed E-state index contributed by atoms with van der Waals surface area (Å²) in [6.45, 7) is 6.58. The van der Waals surface area contributed by atoms with Gasteiger partial charge in [0.2, 0.25) is 5.91 Å². The van der Waals surface area contributed by atoms with Crippen LogP contribution < -0.4 is 10.7 Å². The highest BCUT2D eigenvalue weighted by molar-refractivity contribution is 7.10. The van der Waals surface area contributed by atoms with Crippen LogP contribution in [-0.2, 0) is 11.3 Å². The quantitative estimate of drug-likeness (QED) is 0.854. The molecule has 1 fully saturated rings. The zero-order valence-corrected chi connectivity index (χ0v) is 11.7. The number of likely N-dealkylation sites (N-methyl/N-ethyl adjacent to an activating group) is 1. The Morgan fingerprint density at radius 3 is 2.78 bits per heavy atom. The summed E-state index contributed by atoms with van der Waals surface area (Å²) >= 11 is 1.67. The van der Waals surface area contributed by atoms with E-state index in [9.17, 15) is 4.79 Å². The SMILES string of the molecule is CC(=O)Nc1ccsc1CNN1CCN(C)CC1. The summed E-state index contributed by atoms with van der Waals surface area (Å²) in [5, 5.41) is 7.11. The van der Waals surface area contributed by atoms with Gasteiger partial charge in [0.25, 0.3) is 0 Å². The molecule has 1 amide bonds. The highest BCUT2D eigenvalue weighted by Crippen LogP contribution is 2.22. The zero-order valence-electron chi connectivity index (χ0n) is 10.9. The summed E-state index contributed by atoms with van der Waals surface area (Å²) in [6, 6.07) is 1.95. The van der Waals surface area contributed by atoms with Crippen molar-refractivity contribution in [3.63, 3.8) is 0 Å². The fourth-order valence-corrected chi connectivity index (χ4v) is 2.69. The van der Waals surface area contributed by atoms with Gasteiger partial charge in [0, 0.05) is 44.5 Å². The molecule has 0 atom stereocenters. The molecule has 100 valence electrons. The minimum absolute atomic E-state index is 0.0192. The molecule has 0 bridgehead atoms. The third-order valence-corrected chi connectivity index (χ3v) is 3.94. The highest BCUT2D eigenvalue weighted by Gasteiger charge is 2.14. The molecule has 1 saturated heterocycles. The Morgan fingerprint density at radius 2 is 2.11 bits per heavy atom. The Balaban J connectivity index is 1.83. The summed E-state index contributed by atoms with van der Waals surface area (Å²) in [5.41, 5.74) is 4.35. The Hall–Kier alpha value is -0.950. The second-order valence-electron chi connectivity index (χ2n) is 4.56. The number of hydrazine groups is 1. The van der Waals surface area contributed by atoms with Crippen LogP contribution in [0.25, 0.3) is 0 Å². The van der Waals surface area contributed by atoms with Gasteiger partial charge in [0.05, 0.1) is 5.69 Å². The lowest BCUT2D eigenvalue weighted by atomic mass is 10.3. The smallest absolute Gasteiger partial charge is 0.221 e. The molecular weight excluding hydrogens is 248 g/mol. The number of hydrogen-bond acceptors (Lipinski definition) is 5. The number of amides is 1. The van der Waals surface area contributed by atoms with Crippen molar-refractivity contribution in [3.8, 4) is 0 Å². The maximum atomic E-state index is 11.1. The second kappa shape index (κ2) is 6.29. The van der Waals surface area contributed by atoms with Gasteiger partial charge in [-0.2, -0.15) is 0 Å². The molecule has 1 aliphatic rings. The third-order valence-electron chi connectivity index (χ3n) is 3.02. The van der Waals surface area contributed by atoms with E-state index in [1.165, 1.54) is 11.8 Å². The predicted molar refractivity (Wildman–Crippen MR) is 74.5 cm³/mol. The van der Waals surface area contributed by atoms with E-state index in [1.54, 1.807) is 11.3 Å². The fraction of sp³-hybridized carbons (Fsp3) is 0.583. The van der Waals surface area contributed by atoms with E-state index < -0.39 is 0 Å². The first-order chi connectivity index (χ1) is 8.65. The van der Waals surface area contributed by atoms with Gasteiger partial charge in [-0.05, 0) is 18.5 Å². The number of hydrogen-bond donors (Lipinski definition) is 2. The molecule has 1 aliphatic heterocycles. The van der Waals surface area contributed by atoms with Crippen molar-refractivity contribution in [1.29, 1.82) is 0 Å². The van der Waals surface area contributed by atoms with Crippen molar-refractivity contribution in [2.75, 3.05) is 38.5 Å². The minimum Gasteiger partial charge on any atom is -0.325 e. The average Bonchev–Trinajstić information content (AvgIpc) is 2.75. The summed E-state index contributed by atoms with van der Waals surface area (Å²) in [5.74, 6) is -0.0192. The molecule has 0 aromatic carbocycles. The number of nitrogens with one attached hydrogen (secondary N) is 2. The van der Waals surface area contributed by atoms with Crippen molar-refractivity contribution in [2.24, 2.45) is 0 Å². The summed E-state index contributed by atoms with van der Waals surface area (Å²) in [7, 11) is 2.14. The van der Waals surface area contributed by atoms with Gasteiger partial charge in [-0.3, -0.25) is 4.79 Å². The third kappa shape index (κ3) is 3.78. The number of piperazine rings is 1. The lowest BCUT2D eigenvalue weighted by molar-refractivity contribution is -0.114. The van der Waals surface area contributed by atoms with Crippen LogP contribution in [0, 0.1) is 0 Å². The summed E-state index contributed by atoms with van der Waals surface area (Å²) in [6.07, 6.45) is 0. The largest absolute Gasteiger partial charge is 0.325 e. The average molecular weight is 268 g/mol. The molecule has 0 unspecified atom stereocenters. The number of carbonyl (C=O) groups excluding carboxylic acids is 1. The van der Waals surface area contributed by atoms with E-state index in [4.69, 9.17) is 0 Å². The Kier molecular flexibility index (Phi) is 4.71. The van der Waals surface area contributed by atoms with E-state index in [2.05, 4.69) is 27.7 Å². The lowest BCUT2D eigenvalue weighted by Crippen LogP contribution is -2.50. The van der Waals surface area contributed by atoms with Gasteiger partial charge in [0.15, 0.2) is 0 Å². The molecule has 0 radical (unpaired) electrons. The molecule has 2 rings (SSSR count). The van der Waals surface area contributed by atoms with Crippen LogP contribution in [0.1, 0.15) is 11.8 Å². The summed E-state index contributed by atoms with van der Waals surface area (Å²) < 4.78 is 0. The first-order valence-electron chi connectivity index (χ1n) is 6.16. The van der Waals surface area contributed by atoms with Crippen LogP contribution in [0.15, 0.2) is 11.4 Å². The van der Waals surface area contributed by atoms with Crippen LogP contribution >= 0.6 is 11.3 Å². The topological polar surface area (TPSA) is 47.6 Å². The van der Waals surface area contributed by atoms with Gasteiger partial charge in [-0.25, -0.2) is 10.4 Å². The van der Waals surface area contributed by atoms with Gasteiger partial charge < -0.3 is 10.2 Å². The summed E-state index contributed by atoms with van der Waals surface area (Å²) in [4.78, 5) is 14.6. The zero-order chi connectivity index (χ0) is 13.0. The molecule has 0 spiro atoms. The first-order valence-corrected chi connectivity index (χ1v) is 7.04. The minimum atomic E-state index is -0.0192. The van der Waals surface area contributed by atoms with Crippen molar-refractivity contribution < 1.29 is 4.79 Å². The maximum Gasteiger partial charge on any atom is 0.221 e. The van der Waals surface area contributed by atoms with Crippen molar-refractivity contribution in [1.82, 2.24) is 15.3 Å². The highest BCUT2D eigenvalue weighted by atomic mass is 32.1. The van der Waals surface area contributed by atoms with Crippen molar-refractivity contribution >= 4 is 22.9 Å². The maximum absolute atomic E-state index is 11.1. The van der Waals surface area contributed by atoms with E-state index in [0.717, 1.165) is 38.4 Å². The van der Waals surface area contributed by atoms with Crippen LogP contribution in [0.5, 0.6) is 0 Å². The molecule has 6 heteroatoms. The lowest BCUT2D eigenvalue weighted by Gasteiger charge is -2.32. The van der Waals surface area contributed by atoms with Gasteiger partial charge >= 0.3 is 0 Å². The Morgan fingerprint density at radius 1 is 1.39 bits per heavy atom. The van der Waals surface area contributed by atoms with E-state index in [-0.39, 0.29) is 5.91 Å². The predicted octanol–water partition coefficient (Wildman–Crippen LogP) is 0.958. The molecule has 2 N–H and O–H groups in total. The molecule has 2 heterocycles. The standard InChI is InChI=1S/C12H20N4OS/c1-10(17)14-11-3-8-18-12(11)9-13-16-6-4-15(2)5-7-16/h3,8,13H,4-7,9H2,1-2H3,(H,14,17). The van der Waals surface area contributed by atoms with Crippen LogP contribution in [-0.4, -0.2) is 49.0 Å². The van der Waals surface area contributed by atoms with Crippen LogP contribution in [0.4, 0.5) is 5.69 Å². The second-order valence-corrected chi connectivity index (χ2v) is 5.56. The number of carbonyl (C=O) groups is 1. The molecule has 1 aromatic heterocycles. The number of nitrogens with zero attached hydrogens (tertiary/aromatic N) is 2. The van der Waals surface area contributed by atoms with E-state index in [1.807, 2.05) is 11.4 Å². The van der Waals surface area contributed by atoms with Gasteiger partial charge in [-0.1, -0.05) is 0 Å². The van der Waals surface area contributed by atoms with Crippen molar-refractivity contribution in [2.45, 2.75) is 13.5 Å². The molecule has 0 aliphatic carbocycles. The normalized spacial score (nSPS) is 17.9. The molecule has 1 aromatic rings. The number of anilines is 1. The molecule has 0 saturated carbocycles. The van der Waals surface area contributed by atoms with Gasteiger partial charge in [0.1, 0.15) is 0 Å².